The van der Waals surface area contributed by atoms with Gasteiger partial charge in [0.15, 0.2) is 11.4 Å². The van der Waals surface area contributed by atoms with E-state index in [2.05, 4.69) is 52.0 Å². The van der Waals surface area contributed by atoms with Crippen molar-refractivity contribution in [3.63, 3.8) is 0 Å². The molecule has 0 unspecified atom stereocenters. The molecule has 1 aliphatic heterocycles. The van der Waals surface area contributed by atoms with Gasteiger partial charge in [0.25, 0.3) is 0 Å². The van der Waals surface area contributed by atoms with Crippen molar-refractivity contribution in [1.82, 2.24) is 24.5 Å². The highest BCUT2D eigenvalue weighted by Gasteiger charge is 2.27. The third-order valence-corrected chi connectivity index (χ3v) is 7.59. The Kier molecular flexibility index (Phi) is 5.85. The zero-order valence-corrected chi connectivity index (χ0v) is 20.9. The van der Waals surface area contributed by atoms with E-state index in [4.69, 9.17) is 4.74 Å². The summed E-state index contributed by atoms with van der Waals surface area (Å²) in [7, 11) is -1.25. The summed E-state index contributed by atoms with van der Waals surface area (Å²) in [5, 5.41) is 5.56. The van der Waals surface area contributed by atoms with Crippen LogP contribution in [0.4, 0.5) is 0 Å². The Morgan fingerprint density at radius 2 is 2.03 bits per heavy atom. The van der Waals surface area contributed by atoms with Crippen molar-refractivity contribution in [2.24, 2.45) is 5.92 Å². The fraction of sp³-hybridized carbons (Fsp3) is 0.440. The number of sulfone groups is 1. The summed E-state index contributed by atoms with van der Waals surface area (Å²) >= 11 is 0. The number of pyridine rings is 1. The average molecular weight is 482 g/mol. The van der Waals surface area contributed by atoms with Crippen molar-refractivity contribution in [1.29, 1.82) is 0 Å². The van der Waals surface area contributed by atoms with Crippen LogP contribution in [0.1, 0.15) is 30.9 Å². The van der Waals surface area contributed by atoms with Gasteiger partial charge in [0, 0.05) is 48.6 Å². The second-order valence-corrected chi connectivity index (χ2v) is 12.0. The topological polar surface area (TPSA) is 92.6 Å². The molecule has 8 nitrogen and oxygen atoms in total. The average Bonchev–Trinajstić information content (AvgIpc) is 3.37. The summed E-state index contributed by atoms with van der Waals surface area (Å²) in [6, 6.07) is 8.70. The molecule has 0 radical (unpaired) electrons. The molecular weight excluding hydrogens is 450 g/mol. The lowest BCUT2D eigenvalue weighted by molar-refractivity contribution is 0.109. The van der Waals surface area contributed by atoms with Crippen LogP contribution in [0.5, 0.6) is 5.75 Å². The van der Waals surface area contributed by atoms with Crippen LogP contribution in [0, 0.1) is 5.92 Å². The van der Waals surface area contributed by atoms with Crippen LogP contribution < -0.4 is 4.74 Å². The van der Waals surface area contributed by atoms with E-state index < -0.39 is 9.84 Å². The summed E-state index contributed by atoms with van der Waals surface area (Å²) in [4.78, 5) is 10.2. The monoisotopic (exact) mass is 481 g/mol. The van der Waals surface area contributed by atoms with Gasteiger partial charge in [0.1, 0.15) is 16.2 Å². The molecule has 1 aliphatic rings. The van der Waals surface area contributed by atoms with E-state index in [0.29, 0.717) is 29.8 Å². The van der Waals surface area contributed by atoms with Gasteiger partial charge in [-0.05, 0) is 47.6 Å². The van der Waals surface area contributed by atoms with E-state index >= 15 is 0 Å². The normalized spacial score (nSPS) is 15.4. The first-order chi connectivity index (χ1) is 16.2. The molecular formula is C25H31N5O3S. The highest BCUT2D eigenvalue weighted by molar-refractivity contribution is 7.90. The number of aromatic nitrogens is 4. The van der Waals surface area contributed by atoms with Crippen molar-refractivity contribution in [2.75, 3.05) is 38.8 Å². The van der Waals surface area contributed by atoms with Crippen molar-refractivity contribution in [2.45, 2.75) is 26.2 Å². The SMILES string of the molecule is COc1cc(-c2[nH]c3ccc(CC4CN(CCS(C)(=O)=O)C4)cc3c2C(C)C)cn2ncnc12. The van der Waals surface area contributed by atoms with Gasteiger partial charge in [-0.25, -0.2) is 17.9 Å². The predicted molar refractivity (Wildman–Crippen MR) is 134 cm³/mol. The number of hydrogen-bond acceptors (Lipinski definition) is 6. The third-order valence-electron chi connectivity index (χ3n) is 6.67. The first-order valence-corrected chi connectivity index (χ1v) is 13.7. The van der Waals surface area contributed by atoms with E-state index in [1.54, 1.807) is 11.6 Å². The molecule has 1 aromatic carbocycles. The number of rotatable bonds is 8. The Labute approximate surface area is 199 Å². The Bertz CT molecular complexity index is 1450. The number of nitrogens with one attached hydrogen (secondary N) is 1. The zero-order valence-electron chi connectivity index (χ0n) is 20.1. The number of H-pyrrole nitrogens is 1. The zero-order chi connectivity index (χ0) is 24.0. The summed E-state index contributed by atoms with van der Waals surface area (Å²) in [6.45, 7) is 6.99. The Morgan fingerprint density at radius 1 is 1.24 bits per heavy atom. The molecule has 0 atom stereocenters. The van der Waals surface area contributed by atoms with Gasteiger partial charge >= 0.3 is 0 Å². The molecule has 0 bridgehead atoms. The lowest BCUT2D eigenvalue weighted by Crippen LogP contribution is -2.49. The lowest BCUT2D eigenvalue weighted by atomic mass is 9.90. The molecule has 1 saturated heterocycles. The van der Waals surface area contributed by atoms with Crippen LogP contribution in [0.15, 0.2) is 36.8 Å². The molecule has 180 valence electrons. The highest BCUT2D eigenvalue weighted by atomic mass is 32.2. The number of likely N-dealkylation sites (tertiary alicyclic amines) is 1. The first-order valence-electron chi connectivity index (χ1n) is 11.6. The Morgan fingerprint density at radius 3 is 2.74 bits per heavy atom. The predicted octanol–water partition coefficient (Wildman–Crippen LogP) is 3.53. The van der Waals surface area contributed by atoms with Gasteiger partial charge in [-0.15, -0.1) is 0 Å². The summed E-state index contributed by atoms with van der Waals surface area (Å²) in [6.07, 6.45) is 5.83. The van der Waals surface area contributed by atoms with Crippen molar-refractivity contribution >= 4 is 26.4 Å². The second-order valence-electron chi connectivity index (χ2n) is 9.73. The Hall–Kier alpha value is -2.91. The summed E-state index contributed by atoms with van der Waals surface area (Å²) < 4.78 is 30.1. The number of fused-ring (bicyclic) bond motifs is 2. The maximum Gasteiger partial charge on any atom is 0.197 e. The number of methoxy groups -OCH3 is 1. The van der Waals surface area contributed by atoms with Crippen LogP contribution in [0.2, 0.25) is 0 Å². The van der Waals surface area contributed by atoms with Crippen molar-refractivity contribution in [3.05, 3.63) is 47.9 Å². The summed E-state index contributed by atoms with van der Waals surface area (Å²) in [5.74, 6) is 1.82. The van der Waals surface area contributed by atoms with Crippen LogP contribution >= 0.6 is 0 Å². The van der Waals surface area contributed by atoms with Crippen LogP contribution in [0.25, 0.3) is 27.8 Å². The van der Waals surface area contributed by atoms with E-state index in [0.717, 1.165) is 36.3 Å². The van der Waals surface area contributed by atoms with E-state index in [-0.39, 0.29) is 5.75 Å². The maximum absolute atomic E-state index is 11.4. The number of nitrogens with zero attached hydrogens (tertiary/aromatic N) is 4. The largest absolute Gasteiger partial charge is 0.493 e. The molecule has 9 heteroatoms. The molecule has 0 spiro atoms. The minimum atomic E-state index is -2.90. The van der Waals surface area contributed by atoms with Crippen molar-refractivity contribution < 1.29 is 13.2 Å². The molecule has 0 amide bonds. The van der Waals surface area contributed by atoms with Gasteiger partial charge in [-0.1, -0.05) is 19.9 Å². The van der Waals surface area contributed by atoms with E-state index in [1.165, 1.54) is 29.1 Å². The van der Waals surface area contributed by atoms with Gasteiger partial charge in [0.05, 0.1) is 18.6 Å². The lowest BCUT2D eigenvalue weighted by Gasteiger charge is -2.39. The van der Waals surface area contributed by atoms with Crippen molar-refractivity contribution in [3.8, 4) is 17.0 Å². The molecule has 1 fully saturated rings. The van der Waals surface area contributed by atoms with Crippen LogP contribution in [-0.4, -0.2) is 71.7 Å². The number of benzene rings is 1. The number of hydrogen-bond donors (Lipinski definition) is 1. The van der Waals surface area contributed by atoms with Gasteiger partial charge in [0.2, 0.25) is 0 Å². The quantitative estimate of drug-likeness (QED) is 0.414. The smallest absolute Gasteiger partial charge is 0.197 e. The number of ether oxygens (including phenoxy) is 1. The standard InChI is InChI=1S/C25H31N5O3S/c1-16(2)23-20-10-17(9-18-12-29(13-18)7-8-34(4,31)32)5-6-21(20)28-24(23)19-11-22(33-3)25-26-15-27-30(25)14-19/h5-6,10-11,14-16,18,28H,7-9,12-13H2,1-4H3. The summed E-state index contributed by atoms with van der Waals surface area (Å²) in [5.41, 5.74) is 6.49. The molecule has 5 rings (SSSR count). The molecule has 0 saturated carbocycles. The Balaban J connectivity index is 1.42. The highest BCUT2D eigenvalue weighted by Crippen LogP contribution is 2.38. The van der Waals surface area contributed by atoms with E-state index in [1.807, 2.05) is 12.3 Å². The first kappa shape index (κ1) is 22.9. The minimum Gasteiger partial charge on any atom is -0.493 e. The molecule has 34 heavy (non-hydrogen) atoms. The fourth-order valence-electron chi connectivity index (χ4n) is 5.01. The molecule has 3 aromatic heterocycles. The van der Waals surface area contributed by atoms with Crippen LogP contribution in [-0.2, 0) is 16.3 Å². The van der Waals surface area contributed by atoms with Gasteiger partial charge in [-0.2, -0.15) is 5.10 Å². The van der Waals surface area contributed by atoms with Gasteiger partial charge in [-0.3, -0.25) is 0 Å². The van der Waals surface area contributed by atoms with E-state index in [9.17, 15) is 8.42 Å². The fourth-order valence-corrected chi connectivity index (χ4v) is 5.60. The second kappa shape index (κ2) is 8.70. The number of aromatic amines is 1. The molecule has 4 aromatic rings. The minimum absolute atomic E-state index is 0.237. The molecule has 0 aliphatic carbocycles. The van der Waals surface area contributed by atoms with Gasteiger partial charge < -0.3 is 14.6 Å². The molecule has 4 heterocycles. The van der Waals surface area contributed by atoms with Crippen LogP contribution in [0.3, 0.4) is 0 Å². The maximum atomic E-state index is 11.4. The molecule has 1 N–H and O–H groups in total. The third kappa shape index (κ3) is 4.42.